The minimum atomic E-state index is -0.348. The third-order valence-corrected chi connectivity index (χ3v) is 2.93. The number of carbonyl (C=O) groups is 1. The number of amides is 1. The van der Waals surface area contributed by atoms with E-state index in [0.29, 0.717) is 18.7 Å². The molecule has 1 aromatic carbocycles. The molecule has 0 fully saturated rings. The predicted molar refractivity (Wildman–Crippen MR) is 77.2 cm³/mol. The van der Waals surface area contributed by atoms with Crippen molar-refractivity contribution in [2.75, 3.05) is 13.2 Å². The monoisotopic (exact) mass is 282 g/mol. The van der Waals surface area contributed by atoms with Crippen LogP contribution in [-0.4, -0.2) is 25.1 Å². The van der Waals surface area contributed by atoms with Gasteiger partial charge in [-0.25, -0.2) is 4.39 Å². The molecule has 1 amide bonds. The minimum absolute atomic E-state index is 0.0139. The van der Waals surface area contributed by atoms with Crippen molar-refractivity contribution in [3.8, 4) is 5.75 Å². The van der Waals surface area contributed by atoms with E-state index in [9.17, 15) is 9.18 Å². The Labute approximate surface area is 119 Å². The SMILES string of the molecule is CCNC(=O)CCOc1cc(F)cc(CC(N)CC)c1. The van der Waals surface area contributed by atoms with Crippen molar-refractivity contribution < 1.29 is 13.9 Å². The normalized spacial score (nSPS) is 12.0. The first-order valence-electron chi connectivity index (χ1n) is 6.99. The number of hydrogen-bond donors (Lipinski definition) is 2. The van der Waals surface area contributed by atoms with Gasteiger partial charge in [-0.1, -0.05) is 6.92 Å². The molecule has 1 rings (SSSR count). The minimum Gasteiger partial charge on any atom is -0.493 e. The highest BCUT2D eigenvalue weighted by molar-refractivity contribution is 5.75. The lowest BCUT2D eigenvalue weighted by Crippen LogP contribution is -2.24. The van der Waals surface area contributed by atoms with Gasteiger partial charge in [-0.2, -0.15) is 0 Å². The third-order valence-electron chi connectivity index (χ3n) is 2.93. The molecule has 0 aromatic heterocycles. The van der Waals surface area contributed by atoms with Crippen LogP contribution >= 0.6 is 0 Å². The molecule has 0 saturated carbocycles. The van der Waals surface area contributed by atoms with Crippen LogP contribution in [0.4, 0.5) is 4.39 Å². The van der Waals surface area contributed by atoms with Crippen LogP contribution in [0.1, 0.15) is 32.3 Å². The molecule has 0 aliphatic rings. The van der Waals surface area contributed by atoms with Crippen LogP contribution in [0, 0.1) is 5.82 Å². The van der Waals surface area contributed by atoms with Crippen LogP contribution in [-0.2, 0) is 11.2 Å². The Morgan fingerprint density at radius 3 is 2.80 bits per heavy atom. The second-order valence-electron chi connectivity index (χ2n) is 4.72. The smallest absolute Gasteiger partial charge is 0.223 e. The molecular formula is C15H23FN2O2. The van der Waals surface area contributed by atoms with Gasteiger partial charge in [0.15, 0.2) is 0 Å². The van der Waals surface area contributed by atoms with Gasteiger partial charge in [0, 0.05) is 18.7 Å². The highest BCUT2D eigenvalue weighted by atomic mass is 19.1. The van der Waals surface area contributed by atoms with Gasteiger partial charge in [0.25, 0.3) is 0 Å². The van der Waals surface area contributed by atoms with Gasteiger partial charge in [0.05, 0.1) is 13.0 Å². The summed E-state index contributed by atoms with van der Waals surface area (Å²) in [6, 6.07) is 4.57. The van der Waals surface area contributed by atoms with Gasteiger partial charge < -0.3 is 15.8 Å². The van der Waals surface area contributed by atoms with Gasteiger partial charge in [-0.05, 0) is 37.5 Å². The Balaban J connectivity index is 2.55. The van der Waals surface area contributed by atoms with E-state index in [4.69, 9.17) is 10.5 Å². The quantitative estimate of drug-likeness (QED) is 0.766. The van der Waals surface area contributed by atoms with Crippen LogP contribution in [0.3, 0.4) is 0 Å². The zero-order valence-electron chi connectivity index (χ0n) is 12.1. The topological polar surface area (TPSA) is 64.3 Å². The summed E-state index contributed by atoms with van der Waals surface area (Å²) in [6.07, 6.45) is 1.71. The summed E-state index contributed by atoms with van der Waals surface area (Å²) in [5.41, 5.74) is 6.67. The number of carbonyl (C=O) groups excluding carboxylic acids is 1. The fourth-order valence-corrected chi connectivity index (χ4v) is 1.82. The number of hydrogen-bond acceptors (Lipinski definition) is 3. The summed E-state index contributed by atoms with van der Waals surface area (Å²) in [5.74, 6) is 0.0172. The van der Waals surface area contributed by atoms with Gasteiger partial charge in [-0.15, -0.1) is 0 Å². The van der Waals surface area contributed by atoms with E-state index in [1.807, 2.05) is 13.8 Å². The molecule has 0 bridgehead atoms. The molecule has 3 N–H and O–H groups in total. The maximum Gasteiger partial charge on any atom is 0.223 e. The number of nitrogens with one attached hydrogen (secondary N) is 1. The molecule has 20 heavy (non-hydrogen) atoms. The molecule has 0 aliphatic carbocycles. The van der Waals surface area contributed by atoms with Crippen LogP contribution in [0.15, 0.2) is 18.2 Å². The molecule has 1 atom stereocenters. The third kappa shape index (κ3) is 6.02. The molecule has 0 radical (unpaired) electrons. The van der Waals surface area contributed by atoms with Crippen LogP contribution < -0.4 is 15.8 Å². The predicted octanol–water partition coefficient (Wildman–Crippen LogP) is 2.01. The van der Waals surface area contributed by atoms with Gasteiger partial charge in [0.2, 0.25) is 5.91 Å². The van der Waals surface area contributed by atoms with E-state index in [1.54, 1.807) is 6.07 Å². The summed E-state index contributed by atoms with van der Waals surface area (Å²) < 4.78 is 18.9. The van der Waals surface area contributed by atoms with Crippen LogP contribution in [0.5, 0.6) is 5.75 Å². The zero-order valence-corrected chi connectivity index (χ0v) is 12.1. The summed E-state index contributed by atoms with van der Waals surface area (Å²) in [5, 5.41) is 2.68. The van der Waals surface area contributed by atoms with Crippen molar-refractivity contribution in [1.82, 2.24) is 5.32 Å². The van der Waals surface area contributed by atoms with E-state index in [0.717, 1.165) is 12.0 Å². The Kier molecular flexibility index (Phi) is 7.01. The summed E-state index contributed by atoms with van der Waals surface area (Å²) in [7, 11) is 0. The molecule has 0 heterocycles. The molecule has 112 valence electrons. The van der Waals surface area contributed by atoms with E-state index in [1.165, 1.54) is 12.1 Å². The average Bonchev–Trinajstić information content (AvgIpc) is 2.38. The fraction of sp³-hybridized carbons (Fsp3) is 0.533. The van der Waals surface area contributed by atoms with Gasteiger partial charge >= 0.3 is 0 Å². The molecule has 1 aromatic rings. The number of ether oxygens (including phenoxy) is 1. The maximum atomic E-state index is 13.5. The first-order chi connectivity index (χ1) is 9.55. The zero-order chi connectivity index (χ0) is 15.0. The Morgan fingerprint density at radius 1 is 1.40 bits per heavy atom. The molecule has 0 aliphatic heterocycles. The highest BCUT2D eigenvalue weighted by Gasteiger charge is 2.07. The maximum absolute atomic E-state index is 13.5. The molecule has 0 saturated heterocycles. The van der Waals surface area contributed by atoms with Crippen LogP contribution in [0.2, 0.25) is 0 Å². The van der Waals surface area contributed by atoms with Crippen molar-refractivity contribution in [3.63, 3.8) is 0 Å². The van der Waals surface area contributed by atoms with Crippen molar-refractivity contribution >= 4 is 5.91 Å². The number of halogens is 1. The van der Waals surface area contributed by atoms with Gasteiger partial charge in [0.1, 0.15) is 11.6 Å². The second-order valence-corrected chi connectivity index (χ2v) is 4.72. The van der Waals surface area contributed by atoms with Crippen molar-refractivity contribution in [2.24, 2.45) is 5.73 Å². The lowest BCUT2D eigenvalue weighted by atomic mass is 10.0. The number of nitrogens with two attached hydrogens (primary N) is 1. The first-order valence-corrected chi connectivity index (χ1v) is 6.99. The van der Waals surface area contributed by atoms with E-state index >= 15 is 0 Å². The summed E-state index contributed by atoms with van der Waals surface area (Å²) >= 11 is 0. The lowest BCUT2D eigenvalue weighted by molar-refractivity contribution is -0.121. The van der Waals surface area contributed by atoms with Crippen molar-refractivity contribution in [3.05, 3.63) is 29.6 Å². The molecule has 4 nitrogen and oxygen atoms in total. The van der Waals surface area contributed by atoms with Crippen LogP contribution in [0.25, 0.3) is 0 Å². The standard InChI is InChI=1S/C15H23FN2O2/c1-3-13(17)8-11-7-12(16)10-14(9-11)20-6-5-15(19)18-4-2/h7,9-10,13H,3-6,8,17H2,1-2H3,(H,18,19). The molecule has 0 spiro atoms. The first kappa shape index (κ1) is 16.4. The molecule has 5 heteroatoms. The van der Waals surface area contributed by atoms with E-state index in [2.05, 4.69) is 5.32 Å². The average molecular weight is 282 g/mol. The van der Waals surface area contributed by atoms with E-state index in [-0.39, 0.29) is 30.8 Å². The van der Waals surface area contributed by atoms with Gasteiger partial charge in [-0.3, -0.25) is 4.79 Å². The molecular weight excluding hydrogens is 259 g/mol. The Hall–Kier alpha value is -1.62. The Bertz CT molecular complexity index is 438. The second kappa shape index (κ2) is 8.53. The Morgan fingerprint density at radius 2 is 2.15 bits per heavy atom. The largest absolute Gasteiger partial charge is 0.493 e. The number of benzene rings is 1. The lowest BCUT2D eigenvalue weighted by Gasteiger charge is -2.11. The summed E-state index contributed by atoms with van der Waals surface area (Å²) in [4.78, 5) is 11.3. The molecule has 1 unspecified atom stereocenters. The summed E-state index contributed by atoms with van der Waals surface area (Å²) in [6.45, 7) is 4.68. The van der Waals surface area contributed by atoms with Crippen molar-refractivity contribution in [1.29, 1.82) is 0 Å². The van der Waals surface area contributed by atoms with E-state index < -0.39 is 0 Å². The van der Waals surface area contributed by atoms with Crippen molar-refractivity contribution in [2.45, 2.75) is 39.2 Å². The number of rotatable bonds is 8. The fourth-order valence-electron chi connectivity index (χ4n) is 1.82. The highest BCUT2D eigenvalue weighted by Crippen LogP contribution is 2.18.